The molecule has 0 radical (unpaired) electrons. The van der Waals surface area contributed by atoms with Gasteiger partial charge in [-0.2, -0.15) is 5.10 Å². The molecule has 0 aliphatic heterocycles. The highest BCUT2D eigenvalue weighted by Gasteiger charge is 2.22. The third-order valence-corrected chi connectivity index (χ3v) is 4.36. The lowest BCUT2D eigenvalue weighted by Gasteiger charge is -2.33. The van der Waals surface area contributed by atoms with Crippen LogP contribution >= 0.6 is 0 Å². The SMILES string of the molecule is Cc1c(CN(Cc2ccccc2)C(CO)C(C)C)cnn1C. The van der Waals surface area contributed by atoms with Gasteiger partial charge in [0.05, 0.1) is 12.8 Å². The van der Waals surface area contributed by atoms with Crippen LogP contribution in [0.1, 0.15) is 30.7 Å². The van der Waals surface area contributed by atoms with Crippen molar-refractivity contribution >= 4 is 0 Å². The van der Waals surface area contributed by atoms with E-state index in [9.17, 15) is 5.11 Å². The van der Waals surface area contributed by atoms with Gasteiger partial charge in [-0.15, -0.1) is 0 Å². The van der Waals surface area contributed by atoms with Gasteiger partial charge in [-0.25, -0.2) is 0 Å². The van der Waals surface area contributed by atoms with E-state index in [4.69, 9.17) is 0 Å². The van der Waals surface area contributed by atoms with Gasteiger partial charge in [0.25, 0.3) is 0 Å². The van der Waals surface area contributed by atoms with Gasteiger partial charge in [0.15, 0.2) is 0 Å². The Bertz CT molecular complexity index is 577. The number of nitrogens with zero attached hydrogens (tertiary/aromatic N) is 3. The van der Waals surface area contributed by atoms with Crippen molar-refractivity contribution in [3.63, 3.8) is 0 Å². The Morgan fingerprint density at radius 2 is 1.86 bits per heavy atom. The van der Waals surface area contributed by atoms with Gasteiger partial charge in [-0.1, -0.05) is 44.2 Å². The highest BCUT2D eigenvalue weighted by Crippen LogP contribution is 2.19. The molecule has 1 heterocycles. The van der Waals surface area contributed by atoms with Crippen LogP contribution in [0.3, 0.4) is 0 Å². The van der Waals surface area contributed by atoms with Crippen LogP contribution in [-0.4, -0.2) is 32.4 Å². The fourth-order valence-electron chi connectivity index (χ4n) is 2.77. The Balaban J connectivity index is 2.22. The van der Waals surface area contributed by atoms with E-state index < -0.39 is 0 Å². The number of aliphatic hydroxyl groups is 1. The van der Waals surface area contributed by atoms with E-state index in [1.54, 1.807) is 0 Å². The summed E-state index contributed by atoms with van der Waals surface area (Å²) in [5.74, 6) is 0.394. The quantitative estimate of drug-likeness (QED) is 0.855. The van der Waals surface area contributed by atoms with Gasteiger partial charge in [0, 0.05) is 37.4 Å². The summed E-state index contributed by atoms with van der Waals surface area (Å²) in [5.41, 5.74) is 3.67. The number of aliphatic hydroxyl groups excluding tert-OH is 1. The van der Waals surface area contributed by atoms with Crippen molar-refractivity contribution in [2.45, 2.75) is 39.9 Å². The van der Waals surface area contributed by atoms with Gasteiger partial charge in [-0.05, 0) is 18.4 Å². The number of benzene rings is 1. The maximum atomic E-state index is 9.83. The van der Waals surface area contributed by atoms with Gasteiger partial charge >= 0.3 is 0 Å². The van der Waals surface area contributed by atoms with Crippen LogP contribution in [0.15, 0.2) is 36.5 Å². The first-order valence-corrected chi connectivity index (χ1v) is 7.89. The summed E-state index contributed by atoms with van der Waals surface area (Å²) in [6, 6.07) is 10.6. The molecule has 2 aromatic rings. The fraction of sp³-hybridized carbons (Fsp3) is 0.500. The molecule has 1 unspecified atom stereocenters. The minimum absolute atomic E-state index is 0.139. The molecular formula is C18H27N3O. The molecule has 2 rings (SSSR count). The summed E-state index contributed by atoms with van der Waals surface area (Å²) in [6.45, 7) is 8.22. The van der Waals surface area contributed by atoms with E-state index in [-0.39, 0.29) is 12.6 Å². The van der Waals surface area contributed by atoms with Crippen molar-refractivity contribution in [1.29, 1.82) is 0 Å². The maximum absolute atomic E-state index is 9.83. The largest absolute Gasteiger partial charge is 0.395 e. The van der Waals surface area contributed by atoms with E-state index in [2.05, 4.69) is 55.0 Å². The third-order valence-electron chi connectivity index (χ3n) is 4.36. The van der Waals surface area contributed by atoms with Crippen LogP contribution in [-0.2, 0) is 20.1 Å². The molecule has 22 heavy (non-hydrogen) atoms. The molecule has 1 aromatic heterocycles. The predicted molar refractivity (Wildman–Crippen MR) is 89.3 cm³/mol. The molecule has 4 heteroatoms. The molecule has 1 atom stereocenters. The zero-order valence-electron chi connectivity index (χ0n) is 14.0. The zero-order valence-corrected chi connectivity index (χ0v) is 14.0. The highest BCUT2D eigenvalue weighted by molar-refractivity contribution is 5.18. The predicted octanol–water partition coefficient (Wildman–Crippen LogP) is 2.75. The lowest BCUT2D eigenvalue weighted by Crippen LogP contribution is -2.40. The van der Waals surface area contributed by atoms with Crippen molar-refractivity contribution in [3.05, 3.63) is 53.3 Å². The molecule has 0 saturated carbocycles. The number of aryl methyl sites for hydroxylation is 1. The number of hydrogen-bond donors (Lipinski definition) is 1. The molecular weight excluding hydrogens is 274 g/mol. The van der Waals surface area contributed by atoms with Crippen LogP contribution in [0, 0.1) is 12.8 Å². The van der Waals surface area contributed by atoms with Crippen molar-refractivity contribution in [2.75, 3.05) is 6.61 Å². The van der Waals surface area contributed by atoms with Crippen LogP contribution in [0.2, 0.25) is 0 Å². The number of hydrogen-bond acceptors (Lipinski definition) is 3. The Morgan fingerprint density at radius 3 is 2.36 bits per heavy atom. The summed E-state index contributed by atoms with van der Waals surface area (Å²) in [5, 5.41) is 14.2. The molecule has 0 aliphatic rings. The Hall–Kier alpha value is -1.65. The first kappa shape index (κ1) is 16.7. The van der Waals surface area contributed by atoms with E-state index in [1.165, 1.54) is 16.8 Å². The summed E-state index contributed by atoms with van der Waals surface area (Å²) in [4.78, 5) is 2.35. The summed E-state index contributed by atoms with van der Waals surface area (Å²) in [6.07, 6.45) is 1.93. The van der Waals surface area contributed by atoms with Crippen LogP contribution in [0.25, 0.3) is 0 Å². The second-order valence-electron chi connectivity index (χ2n) is 6.26. The summed E-state index contributed by atoms with van der Waals surface area (Å²) < 4.78 is 1.90. The van der Waals surface area contributed by atoms with Crippen LogP contribution in [0.5, 0.6) is 0 Å². The highest BCUT2D eigenvalue weighted by atomic mass is 16.3. The van der Waals surface area contributed by atoms with E-state index in [0.717, 1.165) is 13.1 Å². The van der Waals surface area contributed by atoms with Crippen molar-refractivity contribution in [1.82, 2.24) is 14.7 Å². The van der Waals surface area contributed by atoms with Crippen molar-refractivity contribution in [2.24, 2.45) is 13.0 Å². The number of rotatable bonds is 7. The standard InChI is InChI=1S/C18H27N3O/c1-14(2)18(13-22)21(11-16-8-6-5-7-9-16)12-17-10-19-20(4)15(17)3/h5-10,14,18,22H,11-13H2,1-4H3. The van der Waals surface area contributed by atoms with Crippen molar-refractivity contribution < 1.29 is 5.11 Å². The van der Waals surface area contributed by atoms with Crippen LogP contribution in [0.4, 0.5) is 0 Å². The summed E-state index contributed by atoms with van der Waals surface area (Å²) in [7, 11) is 1.96. The van der Waals surface area contributed by atoms with Gasteiger partial charge < -0.3 is 5.11 Å². The van der Waals surface area contributed by atoms with Crippen molar-refractivity contribution in [3.8, 4) is 0 Å². The molecule has 0 spiro atoms. The maximum Gasteiger partial charge on any atom is 0.0589 e. The second-order valence-corrected chi connectivity index (χ2v) is 6.26. The Morgan fingerprint density at radius 1 is 1.18 bits per heavy atom. The second kappa shape index (κ2) is 7.56. The molecule has 0 bridgehead atoms. The Kier molecular flexibility index (Phi) is 5.75. The molecule has 0 fully saturated rings. The third kappa shape index (κ3) is 3.96. The monoisotopic (exact) mass is 301 g/mol. The Labute approximate surface area is 133 Å². The minimum atomic E-state index is 0.139. The van der Waals surface area contributed by atoms with E-state index in [1.807, 2.05) is 24.0 Å². The molecule has 0 saturated heterocycles. The first-order chi connectivity index (χ1) is 10.5. The van der Waals surface area contributed by atoms with Gasteiger partial charge in [0.1, 0.15) is 0 Å². The molecule has 1 aromatic carbocycles. The summed E-state index contributed by atoms with van der Waals surface area (Å²) >= 11 is 0. The zero-order chi connectivity index (χ0) is 16.1. The van der Waals surface area contributed by atoms with E-state index in [0.29, 0.717) is 5.92 Å². The normalized spacial score (nSPS) is 13.0. The minimum Gasteiger partial charge on any atom is -0.395 e. The topological polar surface area (TPSA) is 41.3 Å². The van der Waals surface area contributed by atoms with E-state index >= 15 is 0 Å². The average Bonchev–Trinajstić information content (AvgIpc) is 2.80. The molecule has 0 amide bonds. The van der Waals surface area contributed by atoms with Gasteiger partial charge in [0.2, 0.25) is 0 Å². The molecule has 120 valence electrons. The molecule has 0 aliphatic carbocycles. The lowest BCUT2D eigenvalue weighted by molar-refractivity contribution is 0.0783. The van der Waals surface area contributed by atoms with Gasteiger partial charge in [-0.3, -0.25) is 9.58 Å². The molecule has 1 N–H and O–H groups in total. The average molecular weight is 301 g/mol. The number of aromatic nitrogens is 2. The smallest absolute Gasteiger partial charge is 0.0589 e. The first-order valence-electron chi connectivity index (χ1n) is 7.89. The van der Waals surface area contributed by atoms with Crippen LogP contribution < -0.4 is 0 Å². The molecule has 4 nitrogen and oxygen atoms in total. The lowest BCUT2D eigenvalue weighted by atomic mass is 10.0. The fourth-order valence-corrected chi connectivity index (χ4v) is 2.77.